The molecule has 0 spiro atoms. The third-order valence-electron chi connectivity index (χ3n) is 4.45. The summed E-state index contributed by atoms with van der Waals surface area (Å²) in [6.07, 6.45) is 0.939. The predicted molar refractivity (Wildman–Crippen MR) is 99.5 cm³/mol. The van der Waals surface area contributed by atoms with Gasteiger partial charge >= 0.3 is 5.69 Å². The molecule has 11 heteroatoms. The number of aryl methyl sites for hydroxylation is 1. The van der Waals surface area contributed by atoms with Crippen molar-refractivity contribution in [2.45, 2.75) is 13.5 Å². The van der Waals surface area contributed by atoms with E-state index in [1.54, 1.807) is 19.2 Å². The maximum absolute atomic E-state index is 12.8. The van der Waals surface area contributed by atoms with Crippen LogP contribution in [0.15, 0.2) is 57.9 Å². The molecule has 2 N–H and O–H groups in total. The molecule has 3 heterocycles. The number of aromatic nitrogens is 6. The highest BCUT2D eigenvalue weighted by molar-refractivity contribution is 5.80. The number of hydrogen-bond acceptors (Lipinski definition) is 7. The van der Waals surface area contributed by atoms with E-state index in [2.05, 4.69) is 20.4 Å². The molecular formula is C18H15F2N7O2. The summed E-state index contributed by atoms with van der Waals surface area (Å²) < 4.78 is 32.5. The van der Waals surface area contributed by atoms with E-state index in [1.807, 2.05) is 18.2 Å². The van der Waals surface area contributed by atoms with E-state index < -0.39 is 11.8 Å². The van der Waals surface area contributed by atoms with Gasteiger partial charge in [0.15, 0.2) is 0 Å². The Morgan fingerprint density at radius 2 is 1.97 bits per heavy atom. The fourth-order valence-corrected chi connectivity index (χ4v) is 2.91. The van der Waals surface area contributed by atoms with Gasteiger partial charge in [-0.25, -0.2) is 23.7 Å². The molecule has 4 rings (SSSR count). The molecule has 0 aliphatic rings. The first kappa shape index (κ1) is 18.6. The lowest BCUT2D eigenvalue weighted by atomic mass is 10.1. The molecule has 29 heavy (non-hydrogen) atoms. The van der Waals surface area contributed by atoms with E-state index in [4.69, 9.17) is 10.4 Å². The third-order valence-corrected chi connectivity index (χ3v) is 4.45. The van der Waals surface area contributed by atoms with Gasteiger partial charge in [0.25, 0.3) is 6.08 Å². The zero-order valence-electron chi connectivity index (χ0n) is 15.2. The standard InChI is InChI=1S/C18H15F2N7O2/c1-10-4-12(11-2-3-14-15(5-11)25-29-24-14)7-22-17(10)26-9-23-27(18(26)28)8-13(6-21)16(19)20/h2-5,7,9H,6,8,21H2,1H3. The first-order chi connectivity index (χ1) is 14.0. The molecule has 3 aromatic heterocycles. The molecule has 148 valence electrons. The van der Waals surface area contributed by atoms with Gasteiger partial charge < -0.3 is 5.73 Å². The lowest BCUT2D eigenvalue weighted by Crippen LogP contribution is -2.27. The van der Waals surface area contributed by atoms with Crippen molar-refractivity contribution in [3.05, 3.63) is 64.5 Å². The Bertz CT molecular complexity index is 1280. The topological polar surface area (TPSA) is 118 Å². The number of fused-ring (bicyclic) bond motifs is 1. The van der Waals surface area contributed by atoms with Crippen molar-refractivity contribution in [1.82, 2.24) is 29.6 Å². The van der Waals surface area contributed by atoms with Crippen LogP contribution in [0, 0.1) is 6.92 Å². The van der Waals surface area contributed by atoms with Gasteiger partial charge in [-0.05, 0) is 46.6 Å². The highest BCUT2D eigenvalue weighted by Gasteiger charge is 2.14. The monoisotopic (exact) mass is 399 g/mol. The van der Waals surface area contributed by atoms with Gasteiger partial charge in [0.2, 0.25) is 0 Å². The lowest BCUT2D eigenvalue weighted by Gasteiger charge is -2.08. The highest BCUT2D eigenvalue weighted by atomic mass is 19.3. The molecule has 0 aliphatic carbocycles. The van der Waals surface area contributed by atoms with Crippen LogP contribution in [0.1, 0.15) is 5.56 Å². The first-order valence-electron chi connectivity index (χ1n) is 8.55. The normalized spacial score (nSPS) is 11.2. The summed E-state index contributed by atoms with van der Waals surface area (Å²) in [7, 11) is 0. The second-order valence-electron chi connectivity index (χ2n) is 6.34. The van der Waals surface area contributed by atoms with Crippen LogP contribution in [0.2, 0.25) is 0 Å². The van der Waals surface area contributed by atoms with E-state index in [-0.39, 0.29) is 18.7 Å². The Labute approximate surface area is 162 Å². The second-order valence-corrected chi connectivity index (χ2v) is 6.34. The van der Waals surface area contributed by atoms with Crippen LogP contribution >= 0.6 is 0 Å². The minimum atomic E-state index is -1.91. The van der Waals surface area contributed by atoms with E-state index in [0.717, 1.165) is 15.8 Å². The Balaban J connectivity index is 1.68. The molecule has 0 fully saturated rings. The Morgan fingerprint density at radius 3 is 2.69 bits per heavy atom. The van der Waals surface area contributed by atoms with E-state index in [9.17, 15) is 13.6 Å². The van der Waals surface area contributed by atoms with Crippen molar-refractivity contribution in [3.8, 4) is 16.9 Å². The predicted octanol–water partition coefficient (Wildman–Crippen LogP) is 2.05. The maximum atomic E-state index is 12.8. The van der Waals surface area contributed by atoms with Gasteiger partial charge in [-0.15, -0.1) is 0 Å². The summed E-state index contributed by atoms with van der Waals surface area (Å²) in [6, 6.07) is 7.32. The maximum Gasteiger partial charge on any atom is 0.351 e. The van der Waals surface area contributed by atoms with Crippen molar-refractivity contribution in [2.24, 2.45) is 5.73 Å². The van der Waals surface area contributed by atoms with Crippen molar-refractivity contribution >= 4 is 11.0 Å². The Kier molecular flexibility index (Phi) is 4.72. The summed E-state index contributed by atoms with van der Waals surface area (Å²) >= 11 is 0. The van der Waals surface area contributed by atoms with Crippen LogP contribution in [0.25, 0.3) is 28.0 Å². The molecule has 0 aliphatic heterocycles. The molecular weight excluding hydrogens is 384 g/mol. The number of rotatable bonds is 5. The number of benzene rings is 1. The average Bonchev–Trinajstić information content (AvgIpc) is 3.32. The van der Waals surface area contributed by atoms with Crippen LogP contribution in [0.5, 0.6) is 0 Å². The van der Waals surface area contributed by atoms with Crippen molar-refractivity contribution in [3.63, 3.8) is 0 Å². The van der Waals surface area contributed by atoms with Crippen molar-refractivity contribution in [2.75, 3.05) is 6.54 Å². The highest BCUT2D eigenvalue weighted by Crippen LogP contribution is 2.24. The largest absolute Gasteiger partial charge is 0.351 e. The van der Waals surface area contributed by atoms with E-state index in [0.29, 0.717) is 22.4 Å². The third kappa shape index (κ3) is 3.43. The van der Waals surface area contributed by atoms with Gasteiger partial charge in [0.1, 0.15) is 23.2 Å². The number of pyridine rings is 1. The molecule has 0 amide bonds. The minimum Gasteiger partial charge on any atom is -0.327 e. The van der Waals surface area contributed by atoms with Crippen LogP contribution in [-0.4, -0.2) is 36.2 Å². The van der Waals surface area contributed by atoms with Crippen LogP contribution in [-0.2, 0) is 6.54 Å². The first-order valence-corrected chi connectivity index (χ1v) is 8.55. The second kappa shape index (κ2) is 7.36. The molecule has 1 aromatic carbocycles. The summed E-state index contributed by atoms with van der Waals surface area (Å²) in [6.45, 7) is 1.05. The van der Waals surface area contributed by atoms with Gasteiger partial charge in [-0.1, -0.05) is 6.07 Å². The van der Waals surface area contributed by atoms with Crippen LogP contribution in [0.4, 0.5) is 8.78 Å². The molecule has 0 saturated heterocycles. The minimum absolute atomic E-state index is 0.352. The molecule has 0 bridgehead atoms. The molecule has 4 aromatic rings. The molecule has 0 radical (unpaired) electrons. The quantitative estimate of drug-likeness (QED) is 0.546. The molecule has 0 atom stereocenters. The molecule has 9 nitrogen and oxygen atoms in total. The van der Waals surface area contributed by atoms with Crippen molar-refractivity contribution < 1.29 is 13.4 Å². The van der Waals surface area contributed by atoms with E-state index >= 15 is 0 Å². The van der Waals surface area contributed by atoms with Gasteiger partial charge in [0.05, 0.1) is 6.54 Å². The van der Waals surface area contributed by atoms with E-state index in [1.165, 1.54) is 10.9 Å². The summed E-state index contributed by atoms with van der Waals surface area (Å²) in [5.41, 5.74) is 7.99. The summed E-state index contributed by atoms with van der Waals surface area (Å²) in [5.74, 6) is 0.355. The lowest BCUT2D eigenvalue weighted by molar-refractivity contribution is 0.315. The molecule has 0 unspecified atom stereocenters. The molecule has 0 saturated carbocycles. The Morgan fingerprint density at radius 1 is 1.17 bits per heavy atom. The van der Waals surface area contributed by atoms with Gasteiger partial charge in [-0.2, -0.15) is 13.9 Å². The zero-order valence-corrected chi connectivity index (χ0v) is 15.2. The number of nitrogens with two attached hydrogens (primary N) is 1. The number of nitrogens with zero attached hydrogens (tertiary/aromatic N) is 6. The van der Waals surface area contributed by atoms with Crippen molar-refractivity contribution in [1.29, 1.82) is 0 Å². The Hall–Kier alpha value is -3.73. The fourth-order valence-electron chi connectivity index (χ4n) is 2.91. The van der Waals surface area contributed by atoms with Gasteiger partial charge in [-0.3, -0.25) is 0 Å². The summed E-state index contributed by atoms with van der Waals surface area (Å²) in [5, 5.41) is 11.5. The zero-order chi connectivity index (χ0) is 20.5. The summed E-state index contributed by atoms with van der Waals surface area (Å²) in [4.78, 5) is 16.9. The SMILES string of the molecule is Cc1cc(-c2ccc3nonc3c2)cnc1-n1cnn(CC(CN)=C(F)F)c1=O. The van der Waals surface area contributed by atoms with Crippen LogP contribution in [0.3, 0.4) is 0 Å². The van der Waals surface area contributed by atoms with Gasteiger partial charge in [0, 0.05) is 23.9 Å². The fraction of sp³-hybridized carbons (Fsp3) is 0.167. The average molecular weight is 399 g/mol. The number of halogens is 2. The van der Waals surface area contributed by atoms with Crippen LogP contribution < -0.4 is 11.4 Å². The number of hydrogen-bond donors (Lipinski definition) is 1. The smallest absolute Gasteiger partial charge is 0.327 e.